The largest absolute Gasteiger partial charge is 0.459 e. The van der Waals surface area contributed by atoms with Gasteiger partial charge in [0.25, 0.3) is 0 Å². The fourth-order valence-corrected chi connectivity index (χ4v) is 4.72. The second-order valence-electron chi connectivity index (χ2n) is 7.95. The van der Waals surface area contributed by atoms with Crippen LogP contribution in [0.5, 0.6) is 0 Å². The number of carbonyl (C=O) groups excluding carboxylic acids is 3. The van der Waals surface area contributed by atoms with Crippen LogP contribution in [0.25, 0.3) is 0 Å². The van der Waals surface area contributed by atoms with E-state index in [-0.39, 0.29) is 17.6 Å². The molecule has 2 aliphatic carbocycles. The van der Waals surface area contributed by atoms with Crippen molar-refractivity contribution in [3.63, 3.8) is 0 Å². The van der Waals surface area contributed by atoms with Crippen molar-refractivity contribution in [1.29, 1.82) is 0 Å². The summed E-state index contributed by atoms with van der Waals surface area (Å²) in [5.41, 5.74) is -0.609. The SMILES string of the molecule is C/C=C(/C)C(=O)O[C@@H]1[C@H]2[C@H](OC(=O)[C@@H]2C)[C@H](O)[C@@H](C)[C@@H]2C=CC(=O)[C@@]12C. The van der Waals surface area contributed by atoms with Gasteiger partial charge in [-0.3, -0.25) is 9.59 Å². The first kappa shape index (κ1) is 18.8. The standard InChI is InChI=1S/C20H26O6/c1-6-9(2)18(23)26-17-14-11(4)19(24)25-16(14)15(22)10(3)12-7-8-13(21)20(12,17)5/h6-8,10-12,14-17,22H,1-5H3/b9-6-/t10-,11+,12-,14+,15+,16-,17+,20-/m0/s1. The lowest BCUT2D eigenvalue weighted by Crippen LogP contribution is -2.50. The van der Waals surface area contributed by atoms with Gasteiger partial charge in [-0.25, -0.2) is 4.79 Å². The third kappa shape index (κ3) is 2.46. The highest BCUT2D eigenvalue weighted by molar-refractivity contribution is 5.99. The van der Waals surface area contributed by atoms with Crippen LogP contribution in [0.4, 0.5) is 0 Å². The fraction of sp³-hybridized carbons (Fsp3) is 0.650. The van der Waals surface area contributed by atoms with Crippen molar-refractivity contribution >= 4 is 17.7 Å². The van der Waals surface area contributed by atoms with Crippen LogP contribution in [0.3, 0.4) is 0 Å². The molecule has 8 atom stereocenters. The summed E-state index contributed by atoms with van der Waals surface area (Å²) in [7, 11) is 0. The van der Waals surface area contributed by atoms with Gasteiger partial charge in [-0.05, 0) is 38.7 Å². The summed E-state index contributed by atoms with van der Waals surface area (Å²) >= 11 is 0. The molecular formula is C20H26O6. The Balaban J connectivity index is 2.12. The van der Waals surface area contributed by atoms with Crippen molar-refractivity contribution in [2.75, 3.05) is 0 Å². The van der Waals surface area contributed by atoms with Gasteiger partial charge in [-0.15, -0.1) is 0 Å². The number of ether oxygens (including phenoxy) is 2. The van der Waals surface area contributed by atoms with E-state index >= 15 is 0 Å². The average Bonchev–Trinajstić information content (AvgIpc) is 3.06. The minimum Gasteiger partial charge on any atom is -0.459 e. The molecule has 0 radical (unpaired) electrons. The Morgan fingerprint density at radius 1 is 1.35 bits per heavy atom. The fourth-order valence-electron chi connectivity index (χ4n) is 4.72. The molecule has 0 spiro atoms. The van der Waals surface area contributed by atoms with E-state index in [0.29, 0.717) is 5.57 Å². The van der Waals surface area contributed by atoms with Crippen molar-refractivity contribution in [2.45, 2.75) is 52.9 Å². The van der Waals surface area contributed by atoms with Crippen molar-refractivity contribution in [1.82, 2.24) is 0 Å². The van der Waals surface area contributed by atoms with E-state index in [0.717, 1.165) is 0 Å². The van der Waals surface area contributed by atoms with Gasteiger partial charge in [0.15, 0.2) is 5.78 Å². The van der Waals surface area contributed by atoms with E-state index < -0.39 is 47.5 Å². The molecule has 1 aliphatic heterocycles. The van der Waals surface area contributed by atoms with Crippen molar-refractivity contribution in [3.05, 3.63) is 23.8 Å². The van der Waals surface area contributed by atoms with Crippen LogP contribution >= 0.6 is 0 Å². The van der Waals surface area contributed by atoms with Gasteiger partial charge < -0.3 is 14.6 Å². The number of esters is 2. The van der Waals surface area contributed by atoms with E-state index in [4.69, 9.17) is 9.47 Å². The number of aliphatic hydroxyl groups excluding tert-OH is 1. The molecule has 0 aromatic carbocycles. The molecule has 6 nitrogen and oxygen atoms in total. The first-order chi connectivity index (χ1) is 12.1. The van der Waals surface area contributed by atoms with Gasteiger partial charge >= 0.3 is 11.9 Å². The first-order valence-electron chi connectivity index (χ1n) is 9.09. The number of rotatable bonds is 2. The highest BCUT2D eigenvalue weighted by atomic mass is 16.6. The van der Waals surface area contributed by atoms with Crippen LogP contribution < -0.4 is 0 Å². The molecular weight excluding hydrogens is 336 g/mol. The molecule has 0 aromatic heterocycles. The Kier molecular flexibility index (Phi) is 4.59. The number of allylic oxidation sites excluding steroid dienone is 3. The van der Waals surface area contributed by atoms with Gasteiger partial charge in [0.2, 0.25) is 0 Å². The number of hydrogen-bond donors (Lipinski definition) is 1. The summed E-state index contributed by atoms with van der Waals surface area (Å²) in [5, 5.41) is 10.8. The molecule has 6 heteroatoms. The lowest BCUT2D eigenvalue weighted by molar-refractivity contribution is -0.163. The molecule has 3 aliphatic rings. The van der Waals surface area contributed by atoms with Crippen LogP contribution in [0.15, 0.2) is 23.8 Å². The highest BCUT2D eigenvalue weighted by Gasteiger charge is 2.65. The van der Waals surface area contributed by atoms with Gasteiger partial charge in [0, 0.05) is 11.5 Å². The Morgan fingerprint density at radius 2 is 2.00 bits per heavy atom. The summed E-state index contributed by atoms with van der Waals surface area (Å²) in [6, 6.07) is 0. The number of fused-ring (bicyclic) bond motifs is 2. The van der Waals surface area contributed by atoms with Gasteiger partial charge in [-0.1, -0.05) is 26.0 Å². The number of aliphatic hydroxyl groups is 1. The van der Waals surface area contributed by atoms with Crippen LogP contribution in [0, 0.1) is 29.1 Å². The number of hydrogen-bond acceptors (Lipinski definition) is 6. The van der Waals surface area contributed by atoms with E-state index in [9.17, 15) is 19.5 Å². The predicted molar refractivity (Wildman–Crippen MR) is 92.8 cm³/mol. The van der Waals surface area contributed by atoms with E-state index in [1.165, 1.54) is 6.08 Å². The molecule has 142 valence electrons. The molecule has 1 saturated carbocycles. The molecule has 0 bridgehead atoms. The van der Waals surface area contributed by atoms with Crippen molar-refractivity contribution in [3.8, 4) is 0 Å². The highest BCUT2D eigenvalue weighted by Crippen LogP contribution is 2.54. The zero-order valence-corrected chi connectivity index (χ0v) is 15.8. The van der Waals surface area contributed by atoms with Crippen LogP contribution in [0.2, 0.25) is 0 Å². The molecule has 2 fully saturated rings. The molecule has 1 saturated heterocycles. The normalized spacial score (nSPS) is 45.0. The third-order valence-corrected chi connectivity index (χ3v) is 6.63. The van der Waals surface area contributed by atoms with E-state index in [2.05, 4.69) is 0 Å². The maximum atomic E-state index is 12.8. The minimum absolute atomic E-state index is 0.148. The van der Waals surface area contributed by atoms with Gasteiger partial charge in [-0.2, -0.15) is 0 Å². The maximum Gasteiger partial charge on any atom is 0.333 e. The average molecular weight is 362 g/mol. The van der Waals surface area contributed by atoms with E-state index in [1.54, 1.807) is 39.8 Å². The molecule has 0 unspecified atom stereocenters. The van der Waals surface area contributed by atoms with Crippen molar-refractivity contribution < 1.29 is 29.0 Å². The van der Waals surface area contributed by atoms with Crippen LogP contribution in [-0.4, -0.2) is 41.1 Å². The number of ketones is 1. The molecule has 1 heterocycles. The maximum absolute atomic E-state index is 12.8. The van der Waals surface area contributed by atoms with Crippen LogP contribution in [0.1, 0.15) is 34.6 Å². The Labute approximate surface area is 153 Å². The van der Waals surface area contributed by atoms with Gasteiger partial charge in [0.1, 0.15) is 12.2 Å². The van der Waals surface area contributed by atoms with Gasteiger partial charge in [0.05, 0.1) is 17.4 Å². The molecule has 0 aromatic rings. The summed E-state index contributed by atoms with van der Waals surface area (Å²) < 4.78 is 11.3. The molecule has 0 amide bonds. The molecule has 3 rings (SSSR count). The predicted octanol–water partition coefficient (Wildman–Crippen LogP) is 1.81. The van der Waals surface area contributed by atoms with Crippen LogP contribution in [-0.2, 0) is 23.9 Å². The molecule has 26 heavy (non-hydrogen) atoms. The Morgan fingerprint density at radius 3 is 2.62 bits per heavy atom. The van der Waals surface area contributed by atoms with Crippen molar-refractivity contribution in [2.24, 2.45) is 29.1 Å². The second kappa shape index (κ2) is 6.34. The quantitative estimate of drug-likeness (QED) is 0.595. The summed E-state index contributed by atoms with van der Waals surface area (Å²) in [6.07, 6.45) is 2.35. The Hall–Kier alpha value is -1.95. The monoisotopic (exact) mass is 362 g/mol. The lowest BCUT2D eigenvalue weighted by Gasteiger charge is -2.40. The Bertz CT molecular complexity index is 707. The third-order valence-electron chi connectivity index (χ3n) is 6.63. The second-order valence-corrected chi connectivity index (χ2v) is 7.95. The first-order valence-corrected chi connectivity index (χ1v) is 9.09. The summed E-state index contributed by atoms with van der Waals surface area (Å²) in [6.45, 7) is 8.68. The molecule has 1 N–H and O–H groups in total. The van der Waals surface area contributed by atoms with E-state index in [1.807, 2.05) is 6.92 Å². The lowest BCUT2D eigenvalue weighted by atomic mass is 9.66. The zero-order valence-electron chi connectivity index (χ0n) is 15.8. The summed E-state index contributed by atoms with van der Waals surface area (Å²) in [4.78, 5) is 37.6. The summed E-state index contributed by atoms with van der Waals surface area (Å²) in [5.74, 6) is -2.88. The smallest absolute Gasteiger partial charge is 0.333 e. The number of carbonyl (C=O) groups is 3. The topological polar surface area (TPSA) is 89.9 Å². The zero-order chi connectivity index (χ0) is 19.4. The minimum atomic E-state index is -1.04.